The predicted octanol–water partition coefficient (Wildman–Crippen LogP) is 2.33. The number of rotatable bonds is 6. The van der Waals surface area contributed by atoms with Crippen molar-refractivity contribution in [3.63, 3.8) is 0 Å². The highest BCUT2D eigenvalue weighted by Gasteiger charge is 2.31. The van der Waals surface area contributed by atoms with E-state index in [0.717, 1.165) is 44.0 Å². The van der Waals surface area contributed by atoms with Gasteiger partial charge in [0, 0.05) is 12.1 Å². The van der Waals surface area contributed by atoms with Gasteiger partial charge in [-0.15, -0.1) is 5.10 Å². The average molecular weight is 410 g/mol. The second-order valence-corrected chi connectivity index (χ2v) is 8.15. The first-order valence-electron chi connectivity index (χ1n) is 10.7. The number of nitrogens with zero attached hydrogens (tertiary/aromatic N) is 5. The summed E-state index contributed by atoms with van der Waals surface area (Å²) in [6.45, 7) is 11.3. The van der Waals surface area contributed by atoms with Gasteiger partial charge in [-0.3, -0.25) is 0 Å². The first-order valence-corrected chi connectivity index (χ1v) is 10.7. The third-order valence-corrected chi connectivity index (χ3v) is 6.34. The van der Waals surface area contributed by atoms with Gasteiger partial charge in [-0.25, -0.2) is 9.07 Å². The van der Waals surface area contributed by atoms with E-state index in [1.807, 2.05) is 4.68 Å². The quantitative estimate of drug-likeness (QED) is 0.679. The minimum absolute atomic E-state index is 0.228. The smallest absolute Gasteiger partial charge is 0.209 e. The van der Waals surface area contributed by atoms with Crippen LogP contribution in [-0.2, 0) is 6.54 Å². The fourth-order valence-corrected chi connectivity index (χ4v) is 4.45. The summed E-state index contributed by atoms with van der Waals surface area (Å²) in [7, 11) is 0. The average Bonchev–Trinajstić information content (AvgIpc) is 3.21. The van der Waals surface area contributed by atoms with Crippen molar-refractivity contribution in [1.82, 2.24) is 20.2 Å². The van der Waals surface area contributed by atoms with Crippen LogP contribution in [0.3, 0.4) is 0 Å². The molecule has 0 bridgehead atoms. The summed E-state index contributed by atoms with van der Waals surface area (Å²) in [5.41, 5.74) is 5.06. The Hall–Kier alpha value is -2.80. The predicted molar refractivity (Wildman–Crippen MR) is 115 cm³/mol. The topological polar surface area (TPSA) is 51.3 Å². The molecule has 0 aliphatic carbocycles. The lowest BCUT2D eigenvalue weighted by atomic mass is 10.1. The Morgan fingerprint density at radius 1 is 1.07 bits per heavy atom. The van der Waals surface area contributed by atoms with Crippen LogP contribution < -0.4 is 9.80 Å². The van der Waals surface area contributed by atoms with Crippen LogP contribution in [0.1, 0.15) is 41.9 Å². The molecule has 2 aromatic carbocycles. The number of anilines is 1. The Morgan fingerprint density at radius 2 is 1.80 bits per heavy atom. The van der Waals surface area contributed by atoms with Crippen molar-refractivity contribution in [2.75, 3.05) is 31.1 Å². The van der Waals surface area contributed by atoms with Crippen LogP contribution in [0.4, 0.5) is 10.1 Å². The highest BCUT2D eigenvalue weighted by molar-refractivity contribution is 5.56. The van der Waals surface area contributed by atoms with E-state index in [9.17, 15) is 4.39 Å². The third kappa shape index (κ3) is 4.21. The second kappa shape index (κ2) is 8.92. The van der Waals surface area contributed by atoms with Gasteiger partial charge in [0.25, 0.3) is 0 Å². The molecule has 7 heteroatoms. The SMILES string of the molecule is CC[C@H](c1nnnn1Cc1ccc(F)cc1)[NH+]1CCN(c2cccc(C)c2C)CC1. The van der Waals surface area contributed by atoms with E-state index < -0.39 is 0 Å². The van der Waals surface area contributed by atoms with E-state index in [-0.39, 0.29) is 11.9 Å². The first-order chi connectivity index (χ1) is 14.6. The lowest BCUT2D eigenvalue weighted by molar-refractivity contribution is -0.933. The molecule has 1 aliphatic rings. The van der Waals surface area contributed by atoms with Crippen LogP contribution in [0.5, 0.6) is 0 Å². The van der Waals surface area contributed by atoms with E-state index in [1.54, 1.807) is 12.1 Å². The van der Waals surface area contributed by atoms with Crippen LogP contribution in [0.25, 0.3) is 0 Å². The zero-order chi connectivity index (χ0) is 21.1. The molecule has 4 rings (SSSR count). The first kappa shape index (κ1) is 20.5. The lowest BCUT2D eigenvalue weighted by Crippen LogP contribution is -3.15. The van der Waals surface area contributed by atoms with Crippen LogP contribution in [0.2, 0.25) is 0 Å². The minimum atomic E-state index is -0.228. The van der Waals surface area contributed by atoms with Gasteiger partial charge < -0.3 is 9.80 Å². The number of benzene rings is 2. The van der Waals surface area contributed by atoms with Gasteiger partial charge in [-0.05, 0) is 59.2 Å². The van der Waals surface area contributed by atoms with Crippen LogP contribution in [-0.4, -0.2) is 46.4 Å². The number of quaternary nitrogens is 1. The Bertz CT molecular complexity index is 976. The van der Waals surface area contributed by atoms with Gasteiger partial charge in [-0.2, -0.15) is 0 Å². The molecule has 2 heterocycles. The summed E-state index contributed by atoms with van der Waals surface area (Å²) in [6.07, 6.45) is 0.975. The zero-order valence-electron chi connectivity index (χ0n) is 18.0. The third-order valence-electron chi connectivity index (χ3n) is 6.34. The van der Waals surface area contributed by atoms with E-state index in [1.165, 1.54) is 33.8 Å². The van der Waals surface area contributed by atoms with Gasteiger partial charge in [0.15, 0.2) is 0 Å². The van der Waals surface area contributed by atoms with Crippen molar-refractivity contribution in [3.05, 3.63) is 70.8 Å². The Kier molecular flexibility index (Phi) is 6.08. The van der Waals surface area contributed by atoms with E-state index in [2.05, 4.69) is 59.4 Å². The molecule has 1 fully saturated rings. The molecule has 6 nitrogen and oxygen atoms in total. The monoisotopic (exact) mass is 409 g/mol. The number of hydrogen-bond acceptors (Lipinski definition) is 4. The van der Waals surface area contributed by atoms with Gasteiger partial charge >= 0.3 is 0 Å². The summed E-state index contributed by atoms with van der Waals surface area (Å²) < 4.78 is 15.1. The molecule has 30 heavy (non-hydrogen) atoms. The molecule has 1 N–H and O–H groups in total. The van der Waals surface area contributed by atoms with Gasteiger partial charge in [-0.1, -0.05) is 31.2 Å². The standard InChI is InChI=1S/C23H29FN6/c1-4-21(23-25-26-27-30(23)16-19-8-10-20(24)11-9-19)28-12-14-29(15-13-28)22-7-5-6-17(2)18(22)3/h5-11,21H,4,12-16H2,1-3H3/p+1/t21-/m1/s1. The molecule has 158 valence electrons. The molecule has 1 atom stereocenters. The summed E-state index contributed by atoms with van der Waals surface area (Å²) in [5, 5.41) is 12.5. The Labute approximate surface area is 177 Å². The maximum Gasteiger partial charge on any atom is 0.209 e. The van der Waals surface area contributed by atoms with Crippen LogP contribution in [0.15, 0.2) is 42.5 Å². The largest absolute Gasteiger partial charge is 0.360 e. The number of aromatic nitrogens is 4. The highest BCUT2D eigenvalue weighted by Crippen LogP contribution is 2.23. The van der Waals surface area contributed by atoms with Crippen molar-refractivity contribution < 1.29 is 9.29 Å². The molecule has 1 aromatic heterocycles. The zero-order valence-corrected chi connectivity index (χ0v) is 18.0. The molecule has 0 radical (unpaired) electrons. The van der Waals surface area contributed by atoms with E-state index >= 15 is 0 Å². The van der Waals surface area contributed by atoms with Crippen molar-refractivity contribution in [2.45, 2.75) is 39.8 Å². The maximum absolute atomic E-state index is 13.2. The summed E-state index contributed by atoms with van der Waals surface area (Å²) in [6, 6.07) is 13.3. The summed E-state index contributed by atoms with van der Waals surface area (Å²) in [5.74, 6) is 0.685. The molecular weight excluding hydrogens is 379 g/mol. The molecule has 1 saturated heterocycles. The van der Waals surface area contributed by atoms with Crippen LogP contribution >= 0.6 is 0 Å². The molecule has 1 aliphatic heterocycles. The number of tetrazole rings is 1. The fraction of sp³-hybridized carbons (Fsp3) is 0.435. The van der Waals surface area contributed by atoms with Crippen molar-refractivity contribution in [1.29, 1.82) is 0 Å². The maximum atomic E-state index is 13.2. The van der Waals surface area contributed by atoms with E-state index in [4.69, 9.17) is 0 Å². The minimum Gasteiger partial charge on any atom is -0.360 e. The molecule has 0 spiro atoms. The molecule has 0 amide bonds. The van der Waals surface area contributed by atoms with Crippen molar-refractivity contribution >= 4 is 5.69 Å². The summed E-state index contributed by atoms with van der Waals surface area (Å²) >= 11 is 0. The van der Waals surface area contributed by atoms with E-state index in [0.29, 0.717) is 6.54 Å². The fourth-order valence-electron chi connectivity index (χ4n) is 4.45. The summed E-state index contributed by atoms with van der Waals surface area (Å²) in [4.78, 5) is 4.02. The van der Waals surface area contributed by atoms with Gasteiger partial charge in [0.2, 0.25) is 5.82 Å². The number of hydrogen-bond donors (Lipinski definition) is 1. The number of piperazine rings is 1. The Morgan fingerprint density at radius 3 is 2.50 bits per heavy atom. The number of halogens is 1. The van der Waals surface area contributed by atoms with Crippen LogP contribution in [0, 0.1) is 19.7 Å². The molecule has 3 aromatic rings. The molecule has 0 unspecified atom stereocenters. The van der Waals surface area contributed by atoms with Gasteiger partial charge in [0.1, 0.15) is 11.9 Å². The number of aryl methyl sites for hydroxylation is 1. The van der Waals surface area contributed by atoms with Crippen molar-refractivity contribution in [3.8, 4) is 0 Å². The normalized spacial score (nSPS) is 16.1. The second-order valence-electron chi connectivity index (χ2n) is 8.15. The van der Waals surface area contributed by atoms with Gasteiger partial charge in [0.05, 0.1) is 32.7 Å². The molecule has 0 saturated carbocycles. The lowest BCUT2D eigenvalue weighted by Gasteiger charge is -2.37. The molecular formula is C23H30FN6+. The number of nitrogens with one attached hydrogen (secondary N) is 1. The highest BCUT2D eigenvalue weighted by atomic mass is 19.1. The Balaban J connectivity index is 1.46. The van der Waals surface area contributed by atoms with Crippen molar-refractivity contribution in [2.24, 2.45) is 0 Å².